The Morgan fingerprint density at radius 3 is 2.50 bits per heavy atom. The van der Waals surface area contributed by atoms with E-state index in [4.69, 9.17) is 4.74 Å². The Hall–Kier alpha value is -2.53. The monoisotopic (exact) mass is 355 g/mol. The van der Waals surface area contributed by atoms with Crippen molar-refractivity contribution in [1.82, 2.24) is 10.6 Å². The Labute approximate surface area is 156 Å². The van der Waals surface area contributed by atoms with Gasteiger partial charge in [-0.2, -0.15) is 0 Å². The lowest BCUT2D eigenvalue weighted by Gasteiger charge is -2.15. The van der Waals surface area contributed by atoms with Crippen LogP contribution >= 0.6 is 0 Å². The van der Waals surface area contributed by atoms with Crippen LogP contribution in [0.2, 0.25) is 0 Å². The summed E-state index contributed by atoms with van der Waals surface area (Å²) < 4.78 is 5.65. The molecule has 0 aliphatic heterocycles. The van der Waals surface area contributed by atoms with Crippen molar-refractivity contribution in [2.75, 3.05) is 19.7 Å². The lowest BCUT2D eigenvalue weighted by molar-refractivity contribution is 0.168. The number of hydrogen-bond acceptors (Lipinski definition) is 3. The second-order valence-electron chi connectivity index (χ2n) is 5.88. The van der Waals surface area contributed by atoms with Gasteiger partial charge < -0.3 is 20.5 Å². The largest absolute Gasteiger partial charge is 0.494 e. The van der Waals surface area contributed by atoms with Gasteiger partial charge in [0.05, 0.1) is 19.3 Å². The molecule has 0 fully saturated rings. The van der Waals surface area contributed by atoms with E-state index in [0.717, 1.165) is 29.4 Å². The van der Waals surface area contributed by atoms with Crippen molar-refractivity contribution < 1.29 is 9.84 Å². The Balaban J connectivity index is 1.90. The fourth-order valence-corrected chi connectivity index (χ4v) is 2.61. The summed E-state index contributed by atoms with van der Waals surface area (Å²) >= 11 is 0. The summed E-state index contributed by atoms with van der Waals surface area (Å²) in [6.45, 7) is 6.59. The first kappa shape index (κ1) is 19.8. The zero-order valence-corrected chi connectivity index (χ0v) is 15.6. The van der Waals surface area contributed by atoms with Gasteiger partial charge >= 0.3 is 0 Å². The van der Waals surface area contributed by atoms with E-state index >= 15 is 0 Å². The third kappa shape index (κ3) is 6.41. The highest BCUT2D eigenvalue weighted by Gasteiger charge is 2.07. The number of benzene rings is 2. The van der Waals surface area contributed by atoms with Crippen LogP contribution in [-0.4, -0.2) is 30.8 Å². The summed E-state index contributed by atoms with van der Waals surface area (Å²) in [4.78, 5) is 4.63. The number of para-hydroxylation sites is 1. The molecule has 0 heterocycles. The molecule has 0 saturated carbocycles. The topological polar surface area (TPSA) is 65.9 Å². The smallest absolute Gasteiger partial charge is 0.191 e. The average Bonchev–Trinajstić information content (AvgIpc) is 2.68. The van der Waals surface area contributed by atoms with Gasteiger partial charge in [-0.1, -0.05) is 48.5 Å². The van der Waals surface area contributed by atoms with Crippen molar-refractivity contribution in [2.45, 2.75) is 32.9 Å². The molecule has 0 aromatic heterocycles. The van der Waals surface area contributed by atoms with E-state index in [-0.39, 0.29) is 0 Å². The molecular weight excluding hydrogens is 326 g/mol. The summed E-state index contributed by atoms with van der Waals surface area (Å²) in [6.07, 6.45) is 0.134. The van der Waals surface area contributed by atoms with Crippen LogP contribution in [-0.2, 0) is 6.54 Å². The molecule has 5 nitrogen and oxygen atoms in total. The van der Waals surface area contributed by atoms with Gasteiger partial charge in [0.25, 0.3) is 0 Å². The highest BCUT2D eigenvalue weighted by atomic mass is 16.5. The van der Waals surface area contributed by atoms with Crippen LogP contribution in [0.15, 0.2) is 59.6 Å². The zero-order valence-electron chi connectivity index (χ0n) is 15.6. The van der Waals surface area contributed by atoms with Gasteiger partial charge in [-0.05, 0) is 31.9 Å². The molecule has 2 rings (SSSR count). The molecule has 2 aromatic carbocycles. The SMILES string of the molecule is CCNC(=NCc1ccccc1OCC)NCCC(O)c1ccccc1. The van der Waals surface area contributed by atoms with Crippen molar-refractivity contribution in [3.05, 3.63) is 65.7 Å². The van der Waals surface area contributed by atoms with Gasteiger partial charge in [0.15, 0.2) is 5.96 Å². The fraction of sp³-hybridized carbons (Fsp3) is 0.381. The van der Waals surface area contributed by atoms with Crippen LogP contribution in [0.25, 0.3) is 0 Å². The molecule has 0 bridgehead atoms. The Morgan fingerprint density at radius 2 is 1.77 bits per heavy atom. The van der Waals surface area contributed by atoms with Crippen LogP contribution in [0, 0.1) is 0 Å². The van der Waals surface area contributed by atoms with Gasteiger partial charge in [-0.15, -0.1) is 0 Å². The number of ether oxygens (including phenoxy) is 1. The first-order chi connectivity index (χ1) is 12.7. The number of hydrogen-bond donors (Lipinski definition) is 3. The number of rotatable bonds is 9. The highest BCUT2D eigenvalue weighted by molar-refractivity contribution is 5.79. The van der Waals surface area contributed by atoms with Crippen LogP contribution in [0.3, 0.4) is 0 Å². The standard InChI is InChI=1S/C21H29N3O2/c1-3-22-21(23-15-14-19(25)17-10-6-5-7-11-17)24-16-18-12-8-9-13-20(18)26-4-2/h5-13,19,25H,3-4,14-16H2,1-2H3,(H2,22,23,24). The minimum Gasteiger partial charge on any atom is -0.494 e. The molecule has 2 aromatic rings. The molecule has 0 spiro atoms. The Morgan fingerprint density at radius 1 is 1.04 bits per heavy atom. The van der Waals surface area contributed by atoms with Gasteiger partial charge in [0, 0.05) is 18.7 Å². The second kappa shape index (κ2) is 11.2. The number of aliphatic hydroxyl groups is 1. The second-order valence-corrected chi connectivity index (χ2v) is 5.88. The molecule has 1 unspecified atom stereocenters. The van der Waals surface area contributed by atoms with Crippen LogP contribution in [0.4, 0.5) is 0 Å². The predicted octanol–water partition coefficient (Wildman–Crippen LogP) is 3.26. The number of aliphatic hydroxyl groups excluding tert-OH is 1. The van der Waals surface area contributed by atoms with E-state index < -0.39 is 6.10 Å². The zero-order chi connectivity index (χ0) is 18.6. The van der Waals surface area contributed by atoms with Crippen molar-refractivity contribution in [2.24, 2.45) is 4.99 Å². The number of nitrogens with zero attached hydrogens (tertiary/aromatic N) is 1. The van der Waals surface area contributed by atoms with Crippen LogP contribution < -0.4 is 15.4 Å². The molecule has 0 aliphatic carbocycles. The van der Waals surface area contributed by atoms with E-state index in [2.05, 4.69) is 15.6 Å². The molecule has 3 N–H and O–H groups in total. The van der Waals surface area contributed by atoms with Gasteiger partial charge in [-0.3, -0.25) is 0 Å². The number of guanidine groups is 1. The van der Waals surface area contributed by atoms with Gasteiger partial charge in [-0.25, -0.2) is 4.99 Å². The van der Waals surface area contributed by atoms with Crippen molar-refractivity contribution >= 4 is 5.96 Å². The maximum absolute atomic E-state index is 10.2. The third-order valence-corrected chi connectivity index (χ3v) is 3.92. The van der Waals surface area contributed by atoms with E-state index in [1.165, 1.54) is 0 Å². The maximum Gasteiger partial charge on any atom is 0.191 e. The lowest BCUT2D eigenvalue weighted by atomic mass is 10.1. The Kier molecular flexibility index (Phi) is 8.49. The minimum atomic E-state index is -0.481. The fourth-order valence-electron chi connectivity index (χ4n) is 2.61. The predicted molar refractivity (Wildman–Crippen MR) is 106 cm³/mol. The van der Waals surface area contributed by atoms with Crippen molar-refractivity contribution in [3.63, 3.8) is 0 Å². The molecule has 26 heavy (non-hydrogen) atoms. The summed E-state index contributed by atoms with van der Waals surface area (Å²) in [7, 11) is 0. The number of nitrogens with one attached hydrogen (secondary N) is 2. The van der Waals surface area contributed by atoms with Gasteiger partial charge in [0.1, 0.15) is 5.75 Å². The first-order valence-corrected chi connectivity index (χ1v) is 9.20. The van der Waals surface area contributed by atoms with E-state index in [1.807, 2.05) is 68.4 Å². The molecule has 1 atom stereocenters. The lowest BCUT2D eigenvalue weighted by Crippen LogP contribution is -2.38. The highest BCUT2D eigenvalue weighted by Crippen LogP contribution is 2.18. The molecule has 140 valence electrons. The third-order valence-electron chi connectivity index (χ3n) is 3.92. The first-order valence-electron chi connectivity index (χ1n) is 9.20. The van der Waals surface area contributed by atoms with E-state index in [9.17, 15) is 5.11 Å². The van der Waals surface area contributed by atoms with E-state index in [1.54, 1.807) is 0 Å². The summed E-state index contributed by atoms with van der Waals surface area (Å²) in [6, 6.07) is 17.6. The molecule has 0 radical (unpaired) electrons. The maximum atomic E-state index is 10.2. The molecule has 5 heteroatoms. The number of aliphatic imine (C=N–C) groups is 1. The summed E-state index contributed by atoms with van der Waals surface area (Å²) in [5.74, 6) is 1.60. The summed E-state index contributed by atoms with van der Waals surface area (Å²) in [5, 5.41) is 16.8. The normalized spacial score (nSPS) is 12.5. The van der Waals surface area contributed by atoms with Gasteiger partial charge in [0.2, 0.25) is 0 Å². The van der Waals surface area contributed by atoms with Crippen LogP contribution in [0.1, 0.15) is 37.5 Å². The van der Waals surface area contributed by atoms with Crippen molar-refractivity contribution in [3.8, 4) is 5.75 Å². The molecule has 0 aliphatic rings. The Bertz CT molecular complexity index is 674. The van der Waals surface area contributed by atoms with E-state index in [0.29, 0.717) is 26.1 Å². The molecule has 0 saturated heterocycles. The molecule has 0 amide bonds. The van der Waals surface area contributed by atoms with Crippen LogP contribution in [0.5, 0.6) is 5.75 Å². The molecular formula is C21H29N3O2. The summed E-state index contributed by atoms with van der Waals surface area (Å²) in [5.41, 5.74) is 1.98. The average molecular weight is 355 g/mol. The van der Waals surface area contributed by atoms with Crippen molar-refractivity contribution in [1.29, 1.82) is 0 Å². The minimum absolute atomic E-state index is 0.481. The quantitative estimate of drug-likeness (QED) is 0.477.